The zero-order valence-corrected chi connectivity index (χ0v) is 19.3. The van der Waals surface area contributed by atoms with Gasteiger partial charge in [0.05, 0.1) is 29.8 Å². The molecule has 0 aliphatic heterocycles. The summed E-state index contributed by atoms with van der Waals surface area (Å²) in [5, 5.41) is 3.04. The van der Waals surface area contributed by atoms with Gasteiger partial charge in [0.2, 0.25) is 0 Å². The average Bonchev–Trinajstić information content (AvgIpc) is 2.67. The van der Waals surface area contributed by atoms with Gasteiger partial charge in [0.15, 0.2) is 0 Å². The molecule has 0 heterocycles. The highest BCUT2D eigenvalue weighted by molar-refractivity contribution is 7.92. The molecule has 0 aromatic heterocycles. The van der Waals surface area contributed by atoms with E-state index < -0.39 is 10.0 Å². The number of anilines is 1. The van der Waals surface area contributed by atoms with Crippen LogP contribution in [0.4, 0.5) is 5.69 Å². The Morgan fingerprint density at radius 3 is 2.37 bits per heavy atom. The fourth-order valence-corrected chi connectivity index (χ4v) is 4.32. The van der Waals surface area contributed by atoms with Gasteiger partial charge in [-0.05, 0) is 43.0 Å². The van der Waals surface area contributed by atoms with Crippen molar-refractivity contribution in [3.05, 3.63) is 46.5 Å². The molecule has 0 atom stereocenters. The Kier molecular flexibility index (Phi) is 7.97. The van der Waals surface area contributed by atoms with Crippen LogP contribution >= 0.6 is 11.6 Å². The van der Waals surface area contributed by atoms with Gasteiger partial charge >= 0.3 is 0 Å². The Morgan fingerprint density at radius 2 is 1.77 bits per heavy atom. The van der Waals surface area contributed by atoms with E-state index in [1.807, 2.05) is 0 Å². The number of hydrogen-bond donors (Lipinski definition) is 2. The van der Waals surface area contributed by atoms with Gasteiger partial charge in [-0.3, -0.25) is 9.52 Å². The molecule has 30 heavy (non-hydrogen) atoms. The number of carbonyl (C=O) groups excluding carboxylic acids is 1. The normalized spacial score (nSPS) is 11.3. The number of amides is 1. The van der Waals surface area contributed by atoms with Gasteiger partial charge < -0.3 is 14.8 Å². The number of rotatable bonds is 9. The number of sulfonamides is 1. The molecule has 2 rings (SSSR count). The Balaban J connectivity index is 2.34. The maximum atomic E-state index is 13.1. The fraction of sp³-hybridized carbons (Fsp3) is 0.381. The van der Waals surface area contributed by atoms with Gasteiger partial charge in [-0.2, -0.15) is 0 Å². The second-order valence-electron chi connectivity index (χ2n) is 7.21. The molecule has 0 saturated carbocycles. The van der Waals surface area contributed by atoms with Crippen molar-refractivity contribution >= 4 is 33.2 Å². The van der Waals surface area contributed by atoms with E-state index in [2.05, 4.69) is 23.9 Å². The first-order valence-electron chi connectivity index (χ1n) is 9.42. The summed E-state index contributed by atoms with van der Waals surface area (Å²) in [5.74, 6) is 0.736. The molecule has 0 radical (unpaired) electrons. The third kappa shape index (κ3) is 5.79. The molecule has 2 aromatic rings. The number of carbonyl (C=O) groups is 1. The van der Waals surface area contributed by atoms with Crippen molar-refractivity contribution in [2.75, 3.05) is 25.5 Å². The molecule has 9 heteroatoms. The van der Waals surface area contributed by atoms with Crippen molar-refractivity contribution in [2.24, 2.45) is 5.92 Å². The van der Waals surface area contributed by atoms with Gasteiger partial charge in [0, 0.05) is 18.2 Å². The summed E-state index contributed by atoms with van der Waals surface area (Å²) >= 11 is 6.13. The summed E-state index contributed by atoms with van der Waals surface area (Å²) in [5.41, 5.74) is 0.929. The molecule has 7 nitrogen and oxygen atoms in total. The molecule has 0 bridgehead atoms. The van der Waals surface area contributed by atoms with Crippen molar-refractivity contribution < 1.29 is 22.7 Å². The van der Waals surface area contributed by atoms with E-state index in [0.717, 1.165) is 6.42 Å². The lowest BCUT2D eigenvalue weighted by Crippen LogP contribution is -2.26. The largest absolute Gasteiger partial charge is 0.495 e. The second-order valence-corrected chi connectivity index (χ2v) is 9.27. The summed E-state index contributed by atoms with van der Waals surface area (Å²) in [6.45, 7) is 6.31. The summed E-state index contributed by atoms with van der Waals surface area (Å²) in [7, 11) is -1.15. The second kappa shape index (κ2) is 10.0. The van der Waals surface area contributed by atoms with Crippen LogP contribution in [-0.4, -0.2) is 35.1 Å². The van der Waals surface area contributed by atoms with E-state index in [1.165, 1.54) is 32.4 Å². The first-order valence-corrected chi connectivity index (χ1v) is 11.3. The minimum atomic E-state index is -4.01. The number of ether oxygens (including phenoxy) is 2. The molecule has 2 aromatic carbocycles. The highest BCUT2D eigenvalue weighted by atomic mass is 35.5. The van der Waals surface area contributed by atoms with Crippen LogP contribution in [0.3, 0.4) is 0 Å². The average molecular weight is 455 g/mol. The maximum absolute atomic E-state index is 13.1. The molecule has 0 fully saturated rings. The highest BCUT2D eigenvalue weighted by Gasteiger charge is 2.22. The molecular weight excluding hydrogens is 428 g/mol. The number of methoxy groups -OCH3 is 2. The molecular formula is C21H27ClN2O5S. The van der Waals surface area contributed by atoms with Gasteiger partial charge in [-0.25, -0.2) is 8.42 Å². The number of aryl methyl sites for hydroxylation is 1. The molecule has 2 N–H and O–H groups in total. The van der Waals surface area contributed by atoms with E-state index >= 15 is 0 Å². The SMILES string of the molecule is COc1cc(OC)c(NS(=O)(=O)c2cc(C(=O)NCCC(C)C)ccc2C)cc1Cl. The Hall–Kier alpha value is -2.45. The minimum Gasteiger partial charge on any atom is -0.495 e. The van der Waals surface area contributed by atoms with Crippen LogP contribution in [0.1, 0.15) is 36.2 Å². The van der Waals surface area contributed by atoms with Crippen molar-refractivity contribution in [2.45, 2.75) is 32.1 Å². The Bertz CT molecular complexity index is 1020. The van der Waals surface area contributed by atoms with Crippen LogP contribution in [-0.2, 0) is 10.0 Å². The molecule has 0 saturated heterocycles. The minimum absolute atomic E-state index is 0.00648. The quantitative estimate of drug-likeness (QED) is 0.591. The lowest BCUT2D eigenvalue weighted by Gasteiger charge is -2.16. The smallest absolute Gasteiger partial charge is 0.262 e. The van der Waals surface area contributed by atoms with Crippen molar-refractivity contribution in [1.29, 1.82) is 0 Å². The predicted octanol–water partition coefficient (Wildman–Crippen LogP) is 4.24. The van der Waals surface area contributed by atoms with E-state index in [1.54, 1.807) is 19.1 Å². The van der Waals surface area contributed by atoms with Gasteiger partial charge in [0.25, 0.3) is 15.9 Å². The van der Waals surface area contributed by atoms with Crippen LogP contribution in [0.5, 0.6) is 11.5 Å². The molecule has 164 valence electrons. The lowest BCUT2D eigenvalue weighted by molar-refractivity contribution is 0.0952. The molecule has 0 spiro atoms. The first kappa shape index (κ1) is 23.8. The summed E-state index contributed by atoms with van der Waals surface area (Å²) in [6, 6.07) is 7.47. The fourth-order valence-electron chi connectivity index (χ4n) is 2.75. The van der Waals surface area contributed by atoms with Gasteiger partial charge in [0.1, 0.15) is 11.5 Å². The molecule has 0 unspecified atom stereocenters. The summed E-state index contributed by atoms with van der Waals surface area (Å²) in [4.78, 5) is 12.4. The third-order valence-corrected chi connectivity index (χ3v) is 6.27. The van der Waals surface area contributed by atoms with Crippen LogP contribution in [0, 0.1) is 12.8 Å². The van der Waals surface area contributed by atoms with Crippen LogP contribution in [0.25, 0.3) is 0 Å². The number of benzene rings is 2. The topological polar surface area (TPSA) is 93.7 Å². The number of halogens is 1. The zero-order valence-electron chi connectivity index (χ0n) is 17.7. The molecule has 0 aliphatic carbocycles. The van der Waals surface area contributed by atoms with E-state index in [0.29, 0.717) is 23.8 Å². The Labute approximate surface area is 182 Å². The number of nitrogens with one attached hydrogen (secondary N) is 2. The maximum Gasteiger partial charge on any atom is 0.262 e. The van der Waals surface area contributed by atoms with Gasteiger partial charge in [-0.15, -0.1) is 0 Å². The van der Waals surface area contributed by atoms with Crippen molar-refractivity contribution in [3.8, 4) is 11.5 Å². The number of hydrogen-bond acceptors (Lipinski definition) is 5. The standard InChI is InChI=1S/C21H27ClN2O5S/c1-13(2)8-9-23-21(25)15-7-6-14(3)20(10-15)30(26,27)24-17-11-16(22)18(28-4)12-19(17)29-5/h6-7,10-13,24H,8-9H2,1-5H3,(H,23,25). The van der Waals surface area contributed by atoms with Crippen LogP contribution in [0.2, 0.25) is 5.02 Å². The van der Waals surface area contributed by atoms with Crippen molar-refractivity contribution in [3.63, 3.8) is 0 Å². The molecule has 0 aliphatic rings. The summed E-state index contributed by atoms with van der Waals surface area (Å²) < 4.78 is 39.0. The first-order chi connectivity index (χ1) is 14.1. The van der Waals surface area contributed by atoms with Crippen LogP contribution < -0.4 is 19.5 Å². The molecule has 1 amide bonds. The van der Waals surface area contributed by atoms with Crippen molar-refractivity contribution in [1.82, 2.24) is 5.32 Å². The lowest BCUT2D eigenvalue weighted by atomic mass is 10.1. The summed E-state index contributed by atoms with van der Waals surface area (Å²) in [6.07, 6.45) is 0.836. The monoisotopic (exact) mass is 454 g/mol. The predicted molar refractivity (Wildman–Crippen MR) is 118 cm³/mol. The highest BCUT2D eigenvalue weighted by Crippen LogP contribution is 2.37. The van der Waals surface area contributed by atoms with Gasteiger partial charge in [-0.1, -0.05) is 31.5 Å². The van der Waals surface area contributed by atoms with E-state index in [4.69, 9.17) is 21.1 Å². The van der Waals surface area contributed by atoms with E-state index in [-0.39, 0.29) is 32.8 Å². The Morgan fingerprint density at radius 1 is 1.10 bits per heavy atom. The zero-order chi connectivity index (χ0) is 22.5. The third-order valence-electron chi connectivity index (χ3n) is 4.47. The van der Waals surface area contributed by atoms with E-state index in [9.17, 15) is 13.2 Å². The van der Waals surface area contributed by atoms with Crippen LogP contribution in [0.15, 0.2) is 35.2 Å².